The second-order valence-electron chi connectivity index (χ2n) is 2.80. The summed E-state index contributed by atoms with van der Waals surface area (Å²) in [7, 11) is 0. The van der Waals surface area contributed by atoms with Crippen molar-refractivity contribution < 1.29 is 44.6 Å². The van der Waals surface area contributed by atoms with Crippen molar-refractivity contribution in [2.24, 2.45) is 0 Å². The predicted molar refractivity (Wildman–Crippen MR) is 51.4 cm³/mol. The lowest BCUT2D eigenvalue weighted by atomic mass is 10.4. The molecule has 1 nitrogen and oxygen atoms in total. The molecule has 76 valence electrons. The highest BCUT2D eigenvalue weighted by atomic mass is 127. The fourth-order valence-electron chi connectivity index (χ4n) is 1.01. The summed E-state index contributed by atoms with van der Waals surface area (Å²) in [5.74, 6) is 0. The van der Waals surface area contributed by atoms with E-state index in [9.17, 15) is 0 Å². The van der Waals surface area contributed by atoms with Gasteiger partial charge in [-0.15, -0.1) is 0 Å². The van der Waals surface area contributed by atoms with Gasteiger partial charge in [0, 0.05) is 0 Å². The summed E-state index contributed by atoms with van der Waals surface area (Å²) in [6.07, 6.45) is 0. The highest BCUT2D eigenvalue weighted by molar-refractivity contribution is 4.99. The first kappa shape index (κ1) is 11.3. The number of rotatable bonds is 4. The largest absolute Gasteiger partial charge is 0.578 e. The summed E-state index contributed by atoms with van der Waals surface area (Å²) >= 11 is -0.500. The highest BCUT2D eigenvalue weighted by Crippen LogP contribution is 1.82. The van der Waals surface area contributed by atoms with Crippen LogP contribution in [0.3, 0.4) is 0 Å². The number of hydrogen-bond donors (Lipinski definition) is 0. The molecule has 0 aliphatic heterocycles. The molecule has 0 amide bonds. The van der Waals surface area contributed by atoms with Crippen LogP contribution < -0.4 is 43.2 Å². The van der Waals surface area contributed by atoms with Crippen molar-refractivity contribution in [3.8, 4) is 0 Å². The van der Waals surface area contributed by atoms with Gasteiger partial charge in [0.1, 0.15) is 1.40 Å². The maximum absolute atomic E-state index is 5.83. The van der Waals surface area contributed by atoms with E-state index in [-0.39, 0.29) is 43.2 Å². The molecule has 2 rings (SSSR count). The van der Waals surface area contributed by atoms with Crippen LogP contribution in [-0.4, -0.2) is 0 Å². The normalized spacial score (nSPS) is 10.1. The van der Waals surface area contributed by atoms with Gasteiger partial charge in [-0.05, 0) is 24.3 Å². The summed E-state index contributed by atoms with van der Waals surface area (Å²) in [5.41, 5.74) is 0. The van der Waals surface area contributed by atoms with Gasteiger partial charge in [0.2, 0.25) is 7.14 Å². The van der Waals surface area contributed by atoms with Gasteiger partial charge in [-0.1, -0.05) is 36.4 Å². The third-order valence-electron chi connectivity index (χ3n) is 1.70. The van der Waals surface area contributed by atoms with Crippen LogP contribution in [0.4, 0.5) is 0 Å². The molecule has 0 aliphatic carbocycles. The van der Waals surface area contributed by atoms with Crippen molar-refractivity contribution >= 4 is 0 Å². The van der Waals surface area contributed by atoms with Crippen LogP contribution in [0, 0.1) is 7.14 Å². The molecule has 0 saturated carbocycles. The van der Waals surface area contributed by atoms with Crippen LogP contribution in [0.15, 0.2) is 60.7 Å². The van der Waals surface area contributed by atoms with Crippen LogP contribution >= 0.6 is 0 Å². The molecule has 0 unspecified atom stereocenters. The van der Waals surface area contributed by atoms with Crippen molar-refractivity contribution in [2.75, 3.05) is 0 Å². The topological polar surface area (TPSA) is 9.23 Å². The fraction of sp³-hybridized carbons (Fsp3) is 0. The molecular weight excluding hydrogens is 414 g/mol. The summed E-state index contributed by atoms with van der Waals surface area (Å²) < 4.78 is 8.53. The Morgan fingerprint density at radius 2 is 1.00 bits per heavy atom. The van der Waals surface area contributed by atoms with Gasteiger partial charge in [0.15, 0.2) is 0 Å². The monoisotopic (exact) mass is 424 g/mol. The molecule has 0 atom stereocenters. The maximum Gasteiger partial charge on any atom is 0.578 e. The van der Waals surface area contributed by atoms with Gasteiger partial charge >= 0.3 is 43.2 Å². The number of halogens is 2. The van der Waals surface area contributed by atoms with E-state index < -0.39 is 0 Å². The SMILES string of the molecule is c1ccc([I+]O[I+]c2ccccc2)cc1. The standard InChI is InChI=1S/C12H10I2O/c1-3-7-11(8-4-1)13-15-14-12-9-5-2-6-10-12/h1-10H/q+2. The zero-order chi connectivity index (χ0) is 10.3. The first-order valence-electron chi connectivity index (χ1n) is 4.51. The lowest BCUT2D eigenvalue weighted by molar-refractivity contribution is -1.15. The second kappa shape index (κ2) is 6.44. The van der Waals surface area contributed by atoms with Gasteiger partial charge in [-0.2, -0.15) is 0 Å². The summed E-state index contributed by atoms with van der Waals surface area (Å²) in [6.45, 7) is 0. The second-order valence-corrected chi connectivity index (χ2v) is 8.74. The lowest BCUT2D eigenvalue weighted by Crippen LogP contribution is -3.82. The minimum Gasteiger partial charge on any atom is -0.0619 e. The average molecular weight is 424 g/mol. The van der Waals surface area contributed by atoms with Gasteiger partial charge in [0.25, 0.3) is 0 Å². The minimum absolute atomic E-state index is 0.250. The first-order chi connectivity index (χ1) is 7.45. The molecule has 0 saturated heterocycles. The van der Waals surface area contributed by atoms with Crippen molar-refractivity contribution in [1.29, 1.82) is 0 Å². The Labute approximate surface area is 111 Å². The molecule has 0 spiro atoms. The van der Waals surface area contributed by atoms with Crippen molar-refractivity contribution in [3.63, 3.8) is 0 Å². The van der Waals surface area contributed by atoms with Crippen LogP contribution in [0.1, 0.15) is 0 Å². The maximum atomic E-state index is 5.83. The van der Waals surface area contributed by atoms with Crippen molar-refractivity contribution in [3.05, 3.63) is 67.8 Å². The third-order valence-corrected chi connectivity index (χ3v) is 6.72. The van der Waals surface area contributed by atoms with E-state index in [0.717, 1.165) is 0 Å². The molecule has 3 heteroatoms. The molecule has 2 aromatic rings. The Hall–Kier alpha value is -0.140. The Morgan fingerprint density at radius 1 is 0.600 bits per heavy atom. The molecule has 15 heavy (non-hydrogen) atoms. The van der Waals surface area contributed by atoms with Crippen LogP contribution in [-0.2, 0) is 1.40 Å². The summed E-state index contributed by atoms with van der Waals surface area (Å²) in [5, 5.41) is 0. The molecule has 0 radical (unpaired) electrons. The van der Waals surface area contributed by atoms with Gasteiger partial charge in [0.05, 0.1) is 0 Å². The smallest absolute Gasteiger partial charge is 0.0619 e. The summed E-state index contributed by atoms with van der Waals surface area (Å²) in [6, 6.07) is 20.9. The molecule has 0 aliphatic rings. The van der Waals surface area contributed by atoms with Crippen LogP contribution in [0.5, 0.6) is 0 Å². The third kappa shape index (κ3) is 4.08. The first-order valence-corrected chi connectivity index (χ1v) is 8.43. The predicted octanol–water partition coefficient (Wildman–Crippen LogP) is -3.25. The zero-order valence-corrected chi connectivity index (χ0v) is 12.3. The van der Waals surface area contributed by atoms with E-state index in [4.69, 9.17) is 1.40 Å². The molecule has 0 heterocycles. The minimum atomic E-state index is -0.250. The molecular formula is C12H10I2O+2. The van der Waals surface area contributed by atoms with Crippen molar-refractivity contribution in [2.45, 2.75) is 0 Å². The molecule has 2 aromatic carbocycles. The fourth-order valence-corrected chi connectivity index (χ4v) is 6.04. The quantitative estimate of drug-likeness (QED) is 0.469. The van der Waals surface area contributed by atoms with Crippen molar-refractivity contribution in [1.82, 2.24) is 0 Å². The average Bonchev–Trinajstić information content (AvgIpc) is 2.32. The molecule has 0 aromatic heterocycles. The van der Waals surface area contributed by atoms with Gasteiger partial charge in [-0.25, -0.2) is 0 Å². The number of hydrogen-bond acceptors (Lipinski definition) is 1. The van der Waals surface area contributed by atoms with E-state index >= 15 is 0 Å². The molecule has 0 N–H and O–H groups in total. The Kier molecular flexibility index (Phi) is 4.88. The van der Waals surface area contributed by atoms with Gasteiger partial charge in [-0.3, -0.25) is 0 Å². The number of benzene rings is 2. The van der Waals surface area contributed by atoms with Crippen LogP contribution in [0.2, 0.25) is 0 Å². The van der Waals surface area contributed by atoms with E-state index in [1.807, 2.05) is 12.1 Å². The van der Waals surface area contributed by atoms with Gasteiger partial charge < -0.3 is 0 Å². The highest BCUT2D eigenvalue weighted by Gasteiger charge is 2.27. The van der Waals surface area contributed by atoms with E-state index in [0.29, 0.717) is 0 Å². The van der Waals surface area contributed by atoms with E-state index in [1.165, 1.54) is 7.14 Å². The lowest BCUT2D eigenvalue weighted by Gasteiger charge is -1.78. The Balaban J connectivity index is 1.81. The summed E-state index contributed by atoms with van der Waals surface area (Å²) in [4.78, 5) is 0. The molecule has 0 bridgehead atoms. The van der Waals surface area contributed by atoms with E-state index in [2.05, 4.69) is 48.5 Å². The van der Waals surface area contributed by atoms with E-state index in [1.54, 1.807) is 0 Å². The van der Waals surface area contributed by atoms with Crippen LogP contribution in [0.25, 0.3) is 0 Å². The molecule has 0 fully saturated rings. The zero-order valence-electron chi connectivity index (χ0n) is 7.94. The Morgan fingerprint density at radius 3 is 1.40 bits per heavy atom. The Bertz CT molecular complexity index is 349.